The fraction of sp³-hybridized carbons (Fsp3) is 0.308. The van der Waals surface area contributed by atoms with E-state index in [-0.39, 0.29) is 0 Å². The molecule has 0 aliphatic heterocycles. The number of thiazole rings is 1. The normalized spacial score (nSPS) is 10.3. The Morgan fingerprint density at radius 1 is 1.16 bits per heavy atom. The second kappa shape index (κ2) is 9.61. The Bertz CT molecular complexity index is 482. The van der Waals surface area contributed by atoms with Gasteiger partial charge in [-0.05, 0) is 25.2 Å². The highest BCUT2D eigenvalue weighted by Gasteiger charge is 1.96. The molecule has 102 valence electrons. The molecule has 0 aliphatic carbocycles. The largest absolute Gasteiger partial charge is 0.317 e. The van der Waals surface area contributed by atoms with Gasteiger partial charge in [0.05, 0.1) is 11.9 Å². The van der Waals surface area contributed by atoms with Crippen molar-refractivity contribution in [2.24, 2.45) is 10.2 Å². The molecule has 1 aromatic heterocycles. The highest BCUT2D eigenvalue weighted by molar-refractivity contribution is 7.19. The van der Waals surface area contributed by atoms with Crippen LogP contribution in [0.3, 0.4) is 0 Å². The molecule has 0 saturated heterocycles. The molecule has 1 N–H and O–H groups in total. The van der Waals surface area contributed by atoms with Gasteiger partial charge in [0.25, 0.3) is 0 Å². The van der Waals surface area contributed by atoms with Crippen molar-refractivity contribution < 1.29 is 0 Å². The Morgan fingerprint density at radius 3 is 2.32 bits per heavy atom. The summed E-state index contributed by atoms with van der Waals surface area (Å²) >= 11 is 7.00. The Hall–Kier alpha value is -1.30. The first kappa shape index (κ1) is 15.8. The Balaban J connectivity index is 0.000000312. The number of azo groups is 1. The number of rotatable bonds is 4. The zero-order valence-corrected chi connectivity index (χ0v) is 12.6. The minimum Gasteiger partial charge on any atom is -0.317 e. The van der Waals surface area contributed by atoms with Gasteiger partial charge in [-0.3, -0.25) is 0 Å². The summed E-state index contributed by atoms with van der Waals surface area (Å²) in [5.41, 5.74) is 0.804. The predicted octanol–water partition coefficient (Wildman–Crippen LogP) is 4.83. The Morgan fingerprint density at radius 2 is 1.84 bits per heavy atom. The van der Waals surface area contributed by atoms with Crippen molar-refractivity contribution in [1.82, 2.24) is 10.3 Å². The zero-order chi connectivity index (χ0) is 13.9. The van der Waals surface area contributed by atoms with Crippen LogP contribution in [0.5, 0.6) is 0 Å². The molecule has 0 amide bonds. The van der Waals surface area contributed by atoms with Crippen LogP contribution >= 0.6 is 22.9 Å². The lowest BCUT2D eigenvalue weighted by Gasteiger charge is -1.87. The van der Waals surface area contributed by atoms with Gasteiger partial charge in [0.15, 0.2) is 0 Å². The standard InChI is InChI=1S/C9H6ClN3S.C4H11N/c10-8-6-11-9(14-8)13-12-7-4-2-1-3-5-7;1-3-5-4-2/h1-6H;5H,3-4H2,1-2H3. The molecule has 0 saturated carbocycles. The van der Waals surface area contributed by atoms with Crippen LogP contribution in [0.15, 0.2) is 46.8 Å². The van der Waals surface area contributed by atoms with Crippen LogP contribution in [0.1, 0.15) is 13.8 Å². The van der Waals surface area contributed by atoms with Crippen LogP contribution < -0.4 is 5.32 Å². The van der Waals surface area contributed by atoms with Crippen molar-refractivity contribution in [1.29, 1.82) is 0 Å². The third-order valence-corrected chi connectivity index (χ3v) is 2.97. The number of aromatic nitrogens is 1. The highest BCUT2D eigenvalue weighted by Crippen LogP contribution is 2.26. The average Bonchev–Trinajstić information content (AvgIpc) is 2.85. The van der Waals surface area contributed by atoms with Gasteiger partial charge in [0.1, 0.15) is 4.34 Å². The first-order chi connectivity index (χ1) is 9.26. The van der Waals surface area contributed by atoms with Crippen LogP contribution in [0, 0.1) is 0 Å². The van der Waals surface area contributed by atoms with Gasteiger partial charge in [-0.2, -0.15) is 0 Å². The lowest BCUT2D eigenvalue weighted by Crippen LogP contribution is -2.09. The smallest absolute Gasteiger partial charge is 0.231 e. The van der Waals surface area contributed by atoms with Gasteiger partial charge in [0, 0.05) is 0 Å². The van der Waals surface area contributed by atoms with Crippen LogP contribution in [0.2, 0.25) is 4.34 Å². The lowest BCUT2D eigenvalue weighted by molar-refractivity contribution is 0.762. The van der Waals surface area contributed by atoms with E-state index in [1.807, 2.05) is 30.3 Å². The highest BCUT2D eigenvalue weighted by atomic mass is 35.5. The van der Waals surface area contributed by atoms with Crippen molar-refractivity contribution in [3.05, 3.63) is 40.9 Å². The molecule has 0 aliphatic rings. The van der Waals surface area contributed by atoms with Crippen molar-refractivity contribution >= 4 is 33.8 Å². The van der Waals surface area contributed by atoms with Gasteiger partial charge in [-0.25, -0.2) is 4.98 Å². The van der Waals surface area contributed by atoms with E-state index in [1.54, 1.807) is 6.20 Å². The Kier molecular flexibility index (Phi) is 7.97. The summed E-state index contributed by atoms with van der Waals surface area (Å²) in [6.45, 7) is 6.39. The van der Waals surface area contributed by atoms with E-state index in [0.29, 0.717) is 9.47 Å². The van der Waals surface area contributed by atoms with E-state index in [2.05, 4.69) is 34.4 Å². The van der Waals surface area contributed by atoms with Crippen LogP contribution in [-0.2, 0) is 0 Å². The van der Waals surface area contributed by atoms with Gasteiger partial charge in [-0.1, -0.05) is 55.0 Å². The maximum atomic E-state index is 5.70. The average molecular weight is 297 g/mol. The molecule has 0 fully saturated rings. The van der Waals surface area contributed by atoms with Crippen LogP contribution in [0.25, 0.3) is 0 Å². The molecule has 0 unspecified atom stereocenters. The van der Waals surface area contributed by atoms with E-state index in [4.69, 9.17) is 11.6 Å². The molecule has 0 radical (unpaired) electrons. The second-order valence-electron chi connectivity index (χ2n) is 3.44. The topological polar surface area (TPSA) is 49.6 Å². The summed E-state index contributed by atoms with van der Waals surface area (Å²) in [6.07, 6.45) is 1.56. The monoisotopic (exact) mass is 296 g/mol. The summed E-state index contributed by atoms with van der Waals surface area (Å²) in [4.78, 5) is 3.96. The van der Waals surface area contributed by atoms with E-state index >= 15 is 0 Å². The van der Waals surface area contributed by atoms with Crippen LogP contribution in [-0.4, -0.2) is 18.1 Å². The summed E-state index contributed by atoms with van der Waals surface area (Å²) in [7, 11) is 0. The number of benzene rings is 1. The molecule has 0 spiro atoms. The summed E-state index contributed by atoms with van der Waals surface area (Å²) in [5, 5.41) is 11.6. The number of halogens is 1. The van der Waals surface area contributed by atoms with Crippen molar-refractivity contribution in [2.75, 3.05) is 13.1 Å². The zero-order valence-electron chi connectivity index (χ0n) is 11.0. The molecule has 2 rings (SSSR count). The number of hydrogen-bond donors (Lipinski definition) is 1. The fourth-order valence-electron chi connectivity index (χ4n) is 1.14. The number of nitrogens with one attached hydrogen (secondary N) is 1. The van der Waals surface area contributed by atoms with Gasteiger partial charge < -0.3 is 5.32 Å². The second-order valence-corrected chi connectivity index (χ2v) is 5.08. The molecule has 4 nitrogen and oxygen atoms in total. The van der Waals surface area contributed by atoms with Gasteiger partial charge in [0.2, 0.25) is 5.13 Å². The van der Waals surface area contributed by atoms with Crippen LogP contribution in [0.4, 0.5) is 10.8 Å². The lowest BCUT2D eigenvalue weighted by atomic mass is 10.3. The molecular formula is C13H17ClN4S. The van der Waals surface area contributed by atoms with Crippen molar-refractivity contribution in [3.63, 3.8) is 0 Å². The molecule has 0 atom stereocenters. The molecule has 19 heavy (non-hydrogen) atoms. The van der Waals surface area contributed by atoms with Gasteiger partial charge in [-0.15, -0.1) is 10.2 Å². The van der Waals surface area contributed by atoms with Crippen molar-refractivity contribution in [2.45, 2.75) is 13.8 Å². The summed E-state index contributed by atoms with van der Waals surface area (Å²) < 4.78 is 0.618. The van der Waals surface area contributed by atoms with Gasteiger partial charge >= 0.3 is 0 Å². The number of nitrogens with zero attached hydrogens (tertiary/aromatic N) is 3. The minimum atomic E-state index is 0.568. The summed E-state index contributed by atoms with van der Waals surface area (Å²) in [6, 6.07) is 9.49. The minimum absolute atomic E-state index is 0.568. The molecule has 0 bridgehead atoms. The maximum Gasteiger partial charge on any atom is 0.231 e. The van der Waals surface area contributed by atoms with Crippen molar-refractivity contribution in [3.8, 4) is 0 Å². The Labute approximate surface area is 122 Å². The quantitative estimate of drug-likeness (QED) is 0.822. The SMILES string of the molecule is CCNCC.Clc1cnc(N=Nc2ccccc2)s1. The first-order valence-electron chi connectivity index (χ1n) is 6.05. The fourth-order valence-corrected chi connectivity index (χ4v) is 1.86. The predicted molar refractivity (Wildman–Crippen MR) is 82.0 cm³/mol. The number of hydrogen-bond acceptors (Lipinski definition) is 5. The van der Waals surface area contributed by atoms with E-state index < -0.39 is 0 Å². The van der Waals surface area contributed by atoms with E-state index in [1.165, 1.54) is 11.3 Å². The molecule has 1 aromatic carbocycles. The molecular weight excluding hydrogens is 280 g/mol. The van der Waals surface area contributed by atoms with E-state index in [0.717, 1.165) is 18.8 Å². The molecule has 1 heterocycles. The third kappa shape index (κ3) is 7.00. The third-order valence-electron chi connectivity index (χ3n) is 1.97. The first-order valence-corrected chi connectivity index (χ1v) is 7.24. The molecule has 2 aromatic rings. The van der Waals surface area contributed by atoms with E-state index in [9.17, 15) is 0 Å². The summed E-state index contributed by atoms with van der Waals surface area (Å²) in [5.74, 6) is 0. The maximum absolute atomic E-state index is 5.70. The molecule has 6 heteroatoms.